The van der Waals surface area contributed by atoms with E-state index in [2.05, 4.69) is 15.3 Å². The van der Waals surface area contributed by atoms with Crippen molar-refractivity contribution >= 4 is 23.2 Å². The highest BCUT2D eigenvalue weighted by atomic mass is 19.4. The molecule has 0 saturated heterocycles. The Morgan fingerprint density at radius 1 is 1.07 bits per heavy atom. The molecule has 4 rings (SSSR count). The van der Waals surface area contributed by atoms with Gasteiger partial charge in [0.15, 0.2) is 0 Å². The number of nitrogens with zero attached hydrogens (tertiary/aromatic N) is 3. The van der Waals surface area contributed by atoms with Crippen LogP contribution in [0.15, 0.2) is 54.6 Å². The van der Waals surface area contributed by atoms with Gasteiger partial charge in [-0.25, -0.2) is 9.97 Å². The second-order valence-electron chi connectivity index (χ2n) is 6.72. The van der Waals surface area contributed by atoms with E-state index in [0.29, 0.717) is 18.2 Å². The Balaban J connectivity index is 1.65. The fourth-order valence-electron chi connectivity index (χ4n) is 3.36. The summed E-state index contributed by atoms with van der Waals surface area (Å²) >= 11 is 0. The van der Waals surface area contributed by atoms with Crippen LogP contribution >= 0.6 is 0 Å². The number of alkyl halides is 3. The smallest absolute Gasteiger partial charge is 0.320 e. The fourth-order valence-corrected chi connectivity index (χ4v) is 3.36. The van der Waals surface area contributed by atoms with E-state index >= 15 is 0 Å². The molecular weight excluding hydrogens is 381 g/mol. The number of benzene rings is 2. The van der Waals surface area contributed by atoms with E-state index in [1.165, 1.54) is 24.3 Å². The molecule has 0 saturated carbocycles. The van der Waals surface area contributed by atoms with Crippen LogP contribution in [0.5, 0.6) is 0 Å². The number of carbonyl (C=O) groups excluding carboxylic acids is 1. The van der Waals surface area contributed by atoms with Gasteiger partial charge in [-0.2, -0.15) is 13.2 Å². The molecule has 1 aliphatic heterocycles. The molecule has 0 atom stereocenters. The van der Waals surface area contributed by atoms with Crippen molar-refractivity contribution in [2.24, 2.45) is 0 Å². The number of para-hydroxylation sites is 2. The third-order valence-corrected chi connectivity index (χ3v) is 4.68. The van der Waals surface area contributed by atoms with Crippen molar-refractivity contribution in [1.29, 1.82) is 0 Å². The molecule has 0 fully saturated rings. The van der Waals surface area contributed by atoms with E-state index in [4.69, 9.17) is 0 Å². The summed E-state index contributed by atoms with van der Waals surface area (Å²) < 4.78 is 39.6. The number of carbonyl (C=O) groups is 1. The van der Waals surface area contributed by atoms with E-state index in [1.54, 1.807) is 6.92 Å². The number of aryl methyl sites for hydroxylation is 1. The normalized spacial score (nSPS) is 13.3. The minimum atomic E-state index is -4.57. The third kappa shape index (κ3) is 3.78. The number of fused-ring (bicyclic) bond motifs is 1. The predicted molar refractivity (Wildman–Crippen MR) is 103 cm³/mol. The summed E-state index contributed by atoms with van der Waals surface area (Å²) in [6, 6.07) is 14.1. The Morgan fingerprint density at radius 2 is 1.79 bits per heavy atom. The quantitative estimate of drug-likeness (QED) is 0.692. The number of nitrogens with one attached hydrogen (secondary N) is 1. The number of aromatic nitrogens is 2. The monoisotopic (exact) mass is 398 g/mol. The minimum Gasteiger partial charge on any atom is -0.320 e. The number of amides is 1. The molecule has 29 heavy (non-hydrogen) atoms. The fraction of sp³-hybridized carbons (Fsp3) is 0.190. The molecule has 0 radical (unpaired) electrons. The van der Waals surface area contributed by atoms with Gasteiger partial charge in [0.1, 0.15) is 5.69 Å². The molecule has 148 valence electrons. The molecule has 2 heterocycles. The topological polar surface area (TPSA) is 58.1 Å². The Morgan fingerprint density at radius 3 is 2.59 bits per heavy atom. The first-order chi connectivity index (χ1) is 13.8. The van der Waals surface area contributed by atoms with Crippen LogP contribution in [0, 0.1) is 6.92 Å². The summed E-state index contributed by atoms with van der Waals surface area (Å²) in [5.41, 5.74) is 1.46. The molecule has 0 bridgehead atoms. The van der Waals surface area contributed by atoms with Crippen LogP contribution in [-0.2, 0) is 12.6 Å². The first kappa shape index (κ1) is 18.9. The second kappa shape index (κ2) is 7.20. The molecule has 1 aromatic heterocycles. The highest BCUT2D eigenvalue weighted by molar-refractivity contribution is 6.03. The predicted octanol–water partition coefficient (Wildman–Crippen LogP) is 4.75. The highest BCUT2D eigenvalue weighted by Gasteiger charge is 2.33. The third-order valence-electron chi connectivity index (χ3n) is 4.68. The van der Waals surface area contributed by atoms with Crippen LogP contribution < -0.4 is 10.2 Å². The van der Waals surface area contributed by atoms with Gasteiger partial charge in [-0.15, -0.1) is 0 Å². The van der Waals surface area contributed by atoms with Gasteiger partial charge in [0.25, 0.3) is 5.91 Å². The maximum atomic E-state index is 13.2. The lowest BCUT2D eigenvalue weighted by Gasteiger charge is -2.18. The van der Waals surface area contributed by atoms with Crippen molar-refractivity contribution in [1.82, 2.24) is 9.97 Å². The van der Waals surface area contributed by atoms with Crippen LogP contribution in [0.25, 0.3) is 0 Å². The summed E-state index contributed by atoms with van der Waals surface area (Å²) in [5.74, 6) is -0.370. The van der Waals surface area contributed by atoms with Gasteiger partial charge in [-0.05, 0) is 43.2 Å². The summed E-state index contributed by atoms with van der Waals surface area (Å²) in [6.07, 6.45) is -3.75. The van der Waals surface area contributed by atoms with Gasteiger partial charge in [0.05, 0.1) is 11.3 Å². The molecule has 0 aliphatic carbocycles. The van der Waals surface area contributed by atoms with Crippen LogP contribution in [0.4, 0.5) is 30.5 Å². The van der Waals surface area contributed by atoms with E-state index in [9.17, 15) is 18.0 Å². The Labute approximate surface area is 165 Å². The van der Waals surface area contributed by atoms with Crippen molar-refractivity contribution in [3.8, 4) is 0 Å². The second-order valence-corrected chi connectivity index (χ2v) is 6.72. The van der Waals surface area contributed by atoms with E-state index < -0.39 is 17.6 Å². The van der Waals surface area contributed by atoms with E-state index in [-0.39, 0.29) is 11.4 Å². The molecule has 8 heteroatoms. The summed E-state index contributed by atoms with van der Waals surface area (Å²) in [6.45, 7) is 2.38. The maximum Gasteiger partial charge on any atom is 0.418 e. The standard InChI is InChI=1S/C21H17F3N4O/c1-13-12-17(19(29)26-16-8-4-3-7-15(16)21(22,23)24)27-20(25-13)28-11-10-14-6-2-5-9-18(14)28/h2-9,12H,10-11H2,1H3,(H,26,29). The zero-order valence-electron chi connectivity index (χ0n) is 15.5. The molecule has 0 spiro atoms. The lowest BCUT2D eigenvalue weighted by atomic mass is 10.1. The van der Waals surface area contributed by atoms with Gasteiger partial charge in [0, 0.05) is 17.9 Å². The van der Waals surface area contributed by atoms with E-state index in [1.807, 2.05) is 29.2 Å². The molecule has 0 unspecified atom stereocenters. The first-order valence-corrected chi connectivity index (χ1v) is 9.01. The van der Waals surface area contributed by atoms with Crippen molar-refractivity contribution in [2.45, 2.75) is 19.5 Å². The van der Waals surface area contributed by atoms with E-state index in [0.717, 1.165) is 23.7 Å². The average molecular weight is 398 g/mol. The van der Waals surface area contributed by atoms with Gasteiger partial charge in [-0.3, -0.25) is 4.79 Å². The number of rotatable bonds is 3. The van der Waals surface area contributed by atoms with Crippen LogP contribution in [0.3, 0.4) is 0 Å². The lowest BCUT2D eigenvalue weighted by molar-refractivity contribution is -0.136. The van der Waals surface area contributed by atoms with Crippen LogP contribution in [-0.4, -0.2) is 22.4 Å². The number of hydrogen-bond acceptors (Lipinski definition) is 4. The molecule has 1 aliphatic rings. The molecule has 1 amide bonds. The zero-order valence-corrected chi connectivity index (χ0v) is 15.5. The largest absolute Gasteiger partial charge is 0.418 e. The van der Waals surface area contributed by atoms with Gasteiger partial charge < -0.3 is 10.2 Å². The number of anilines is 3. The zero-order chi connectivity index (χ0) is 20.6. The maximum absolute atomic E-state index is 13.2. The number of hydrogen-bond donors (Lipinski definition) is 1. The van der Waals surface area contributed by atoms with Gasteiger partial charge >= 0.3 is 6.18 Å². The van der Waals surface area contributed by atoms with Crippen molar-refractivity contribution in [2.75, 3.05) is 16.8 Å². The Bertz CT molecular complexity index is 1080. The Kier molecular flexibility index (Phi) is 4.70. The minimum absolute atomic E-state index is 0.00820. The molecular formula is C21H17F3N4O. The van der Waals surface area contributed by atoms with Crippen LogP contribution in [0.1, 0.15) is 27.3 Å². The van der Waals surface area contributed by atoms with Crippen LogP contribution in [0.2, 0.25) is 0 Å². The molecule has 2 aromatic carbocycles. The van der Waals surface area contributed by atoms with Gasteiger partial charge in [0.2, 0.25) is 5.95 Å². The van der Waals surface area contributed by atoms with Gasteiger partial charge in [-0.1, -0.05) is 30.3 Å². The molecule has 5 nitrogen and oxygen atoms in total. The average Bonchev–Trinajstić information content (AvgIpc) is 3.11. The highest BCUT2D eigenvalue weighted by Crippen LogP contribution is 2.35. The summed E-state index contributed by atoms with van der Waals surface area (Å²) in [4.78, 5) is 23.3. The van der Waals surface area contributed by atoms with Crippen molar-refractivity contribution in [3.05, 3.63) is 77.1 Å². The summed E-state index contributed by atoms with van der Waals surface area (Å²) in [5, 5.41) is 2.33. The first-order valence-electron chi connectivity index (χ1n) is 9.01. The number of halogens is 3. The Hall–Kier alpha value is -3.42. The SMILES string of the molecule is Cc1cc(C(=O)Nc2ccccc2C(F)(F)F)nc(N2CCc3ccccc32)n1. The summed E-state index contributed by atoms with van der Waals surface area (Å²) in [7, 11) is 0. The van der Waals surface area contributed by atoms with Crippen molar-refractivity contribution < 1.29 is 18.0 Å². The molecule has 1 N–H and O–H groups in total. The molecule has 3 aromatic rings. The van der Waals surface area contributed by atoms with Crippen molar-refractivity contribution in [3.63, 3.8) is 0 Å². The lowest BCUT2D eigenvalue weighted by Crippen LogP contribution is -2.21.